The van der Waals surface area contributed by atoms with E-state index in [9.17, 15) is 4.57 Å². The summed E-state index contributed by atoms with van der Waals surface area (Å²) in [6.45, 7) is 2.04. The Morgan fingerprint density at radius 1 is 1.36 bits per heavy atom. The van der Waals surface area contributed by atoms with E-state index >= 15 is 0 Å². The van der Waals surface area contributed by atoms with Crippen molar-refractivity contribution in [1.29, 1.82) is 0 Å². The van der Waals surface area contributed by atoms with Crippen molar-refractivity contribution in [3.8, 4) is 0 Å². The smallest absolute Gasteiger partial charge is 0.163 e. The average Bonchev–Trinajstić information content (AvgIpc) is 2.09. The number of hydrogen-bond acceptors (Lipinski definition) is 1. The predicted octanol–water partition coefficient (Wildman–Crippen LogP) is 3.43. The van der Waals surface area contributed by atoms with Gasteiger partial charge < -0.3 is 0 Å². The maximum Gasteiger partial charge on any atom is 0.163 e. The highest BCUT2D eigenvalue weighted by Gasteiger charge is 2.06. The van der Waals surface area contributed by atoms with Gasteiger partial charge in [0.05, 0.1) is 5.66 Å². The highest BCUT2D eigenvalue weighted by atomic mass is 31.1. The first-order valence-electron chi connectivity index (χ1n) is 3.76. The second kappa shape index (κ2) is 4.25. The summed E-state index contributed by atoms with van der Waals surface area (Å²) in [5, 5.41) is 0. The largest absolute Gasteiger partial charge is 0.274 e. The summed E-state index contributed by atoms with van der Waals surface area (Å²) >= 11 is 0. The van der Waals surface area contributed by atoms with Gasteiger partial charge in [0.2, 0.25) is 0 Å². The van der Waals surface area contributed by atoms with E-state index in [1.807, 2.05) is 37.3 Å². The lowest BCUT2D eigenvalue weighted by atomic mass is 10.1. The van der Waals surface area contributed by atoms with Crippen LogP contribution in [0.2, 0.25) is 0 Å². The van der Waals surface area contributed by atoms with Gasteiger partial charge in [0.25, 0.3) is 0 Å². The van der Waals surface area contributed by atoms with Gasteiger partial charge in [-0.1, -0.05) is 37.3 Å². The minimum absolute atomic E-state index is 0.177. The third-order valence-electron chi connectivity index (χ3n) is 1.70. The van der Waals surface area contributed by atoms with Gasteiger partial charge in [0, 0.05) is 0 Å². The lowest BCUT2D eigenvalue weighted by Gasteiger charge is -2.04. The van der Waals surface area contributed by atoms with Crippen molar-refractivity contribution in [1.82, 2.24) is 0 Å². The zero-order chi connectivity index (χ0) is 8.10. The lowest BCUT2D eigenvalue weighted by molar-refractivity contribution is 0.590. The highest BCUT2D eigenvalue weighted by molar-refractivity contribution is 7.24. The summed E-state index contributed by atoms with van der Waals surface area (Å²) in [5.41, 5.74) is 1.34. The second-order valence-electron chi connectivity index (χ2n) is 2.44. The van der Waals surface area contributed by atoms with Crippen molar-refractivity contribution >= 4 is 8.46 Å². The average molecular weight is 166 g/mol. The molecule has 1 aromatic carbocycles. The van der Waals surface area contributed by atoms with Crippen molar-refractivity contribution < 1.29 is 4.57 Å². The Morgan fingerprint density at radius 3 is 2.45 bits per heavy atom. The monoisotopic (exact) mass is 166 g/mol. The molecule has 0 saturated heterocycles. The Morgan fingerprint density at radius 2 is 2.00 bits per heavy atom. The Bertz CT molecular complexity index is 220. The summed E-state index contributed by atoms with van der Waals surface area (Å²) in [6, 6.07) is 9.95. The third kappa shape index (κ3) is 2.13. The third-order valence-corrected chi connectivity index (χ3v) is 2.62. The van der Waals surface area contributed by atoms with Gasteiger partial charge in [-0.25, -0.2) is 0 Å². The van der Waals surface area contributed by atoms with Crippen molar-refractivity contribution in [3.63, 3.8) is 0 Å². The fourth-order valence-electron chi connectivity index (χ4n) is 1.05. The van der Waals surface area contributed by atoms with Crippen molar-refractivity contribution in [2.24, 2.45) is 0 Å². The molecule has 0 radical (unpaired) electrons. The van der Waals surface area contributed by atoms with E-state index in [2.05, 4.69) is 0 Å². The van der Waals surface area contributed by atoms with Gasteiger partial charge in [-0.15, -0.1) is 0 Å². The van der Waals surface area contributed by atoms with Gasteiger partial charge in [-0.3, -0.25) is 4.57 Å². The van der Waals surface area contributed by atoms with Gasteiger partial charge in [0.15, 0.2) is 8.46 Å². The molecule has 0 fully saturated rings. The van der Waals surface area contributed by atoms with Crippen LogP contribution >= 0.6 is 8.46 Å². The Hall–Kier alpha value is -0.680. The van der Waals surface area contributed by atoms with E-state index in [0.717, 1.165) is 12.0 Å². The van der Waals surface area contributed by atoms with E-state index < -0.39 is 0 Å². The predicted molar refractivity (Wildman–Crippen MR) is 47.1 cm³/mol. The first kappa shape index (κ1) is 8.42. The SMILES string of the molecule is CCC(P=O)c1ccccc1. The van der Waals surface area contributed by atoms with Crippen LogP contribution in [-0.2, 0) is 4.57 Å². The molecule has 1 nitrogen and oxygen atoms in total. The first-order valence-corrected chi connectivity index (χ1v) is 4.64. The zero-order valence-electron chi connectivity index (χ0n) is 6.53. The standard InChI is InChI=1S/C9H11OP/c1-2-9(11-10)8-6-4-3-5-7-8/h3-7,9H,2H2,1H3. The fraction of sp³-hybridized carbons (Fsp3) is 0.333. The van der Waals surface area contributed by atoms with Crippen LogP contribution in [0.5, 0.6) is 0 Å². The molecule has 0 aliphatic carbocycles. The molecule has 0 aliphatic heterocycles. The molecular weight excluding hydrogens is 155 g/mol. The molecular formula is C9H11OP. The highest BCUT2D eigenvalue weighted by Crippen LogP contribution is 2.29. The van der Waals surface area contributed by atoms with Crippen LogP contribution in [0.3, 0.4) is 0 Å². The molecule has 0 heterocycles. The zero-order valence-corrected chi connectivity index (χ0v) is 7.42. The molecule has 0 spiro atoms. The van der Waals surface area contributed by atoms with E-state index in [1.54, 1.807) is 0 Å². The summed E-state index contributed by atoms with van der Waals surface area (Å²) < 4.78 is 10.6. The minimum Gasteiger partial charge on any atom is -0.274 e. The van der Waals surface area contributed by atoms with Gasteiger partial charge in [0.1, 0.15) is 0 Å². The maximum absolute atomic E-state index is 10.6. The summed E-state index contributed by atoms with van der Waals surface area (Å²) in [7, 11) is 0.225. The molecule has 0 saturated carbocycles. The molecule has 2 heteroatoms. The van der Waals surface area contributed by atoms with Crippen LogP contribution in [0.4, 0.5) is 0 Å². The van der Waals surface area contributed by atoms with Gasteiger partial charge in [-0.05, 0) is 12.0 Å². The Kier molecular flexibility index (Phi) is 3.25. The fourth-order valence-corrected chi connectivity index (χ4v) is 1.49. The second-order valence-corrected chi connectivity index (χ2v) is 3.27. The molecule has 0 amide bonds. The molecule has 58 valence electrons. The van der Waals surface area contributed by atoms with Gasteiger partial charge >= 0.3 is 0 Å². The topological polar surface area (TPSA) is 17.1 Å². The lowest BCUT2D eigenvalue weighted by Crippen LogP contribution is -1.85. The van der Waals surface area contributed by atoms with Crippen LogP contribution in [0.15, 0.2) is 30.3 Å². The molecule has 1 rings (SSSR count). The summed E-state index contributed by atoms with van der Waals surface area (Å²) in [6.07, 6.45) is 0.926. The minimum atomic E-state index is 0.177. The quantitative estimate of drug-likeness (QED) is 0.628. The van der Waals surface area contributed by atoms with Crippen molar-refractivity contribution in [2.45, 2.75) is 19.0 Å². The van der Waals surface area contributed by atoms with Crippen LogP contribution in [0, 0.1) is 0 Å². The molecule has 0 aromatic heterocycles. The molecule has 0 N–H and O–H groups in total. The number of hydrogen-bond donors (Lipinski definition) is 0. The van der Waals surface area contributed by atoms with E-state index in [1.165, 1.54) is 0 Å². The summed E-state index contributed by atoms with van der Waals surface area (Å²) in [4.78, 5) is 0. The first-order chi connectivity index (χ1) is 5.38. The van der Waals surface area contributed by atoms with E-state index in [0.29, 0.717) is 0 Å². The summed E-state index contributed by atoms with van der Waals surface area (Å²) in [5.74, 6) is 0. The Labute approximate surface area is 68.6 Å². The molecule has 1 unspecified atom stereocenters. The van der Waals surface area contributed by atoms with Gasteiger partial charge in [-0.2, -0.15) is 0 Å². The molecule has 11 heavy (non-hydrogen) atoms. The van der Waals surface area contributed by atoms with Crippen molar-refractivity contribution in [2.75, 3.05) is 0 Å². The number of rotatable bonds is 3. The maximum atomic E-state index is 10.6. The number of benzene rings is 1. The van der Waals surface area contributed by atoms with Crippen LogP contribution < -0.4 is 0 Å². The van der Waals surface area contributed by atoms with Crippen molar-refractivity contribution in [3.05, 3.63) is 35.9 Å². The van der Waals surface area contributed by atoms with Crippen LogP contribution in [-0.4, -0.2) is 0 Å². The van der Waals surface area contributed by atoms with Crippen LogP contribution in [0.1, 0.15) is 24.6 Å². The molecule has 0 aliphatic rings. The molecule has 1 atom stereocenters. The molecule has 1 aromatic rings. The normalized spacial score (nSPS) is 13.2. The van der Waals surface area contributed by atoms with Crippen LogP contribution in [0.25, 0.3) is 0 Å². The Balaban J connectivity index is 2.82. The van der Waals surface area contributed by atoms with E-state index in [-0.39, 0.29) is 14.1 Å². The van der Waals surface area contributed by atoms with E-state index in [4.69, 9.17) is 0 Å². The molecule has 0 bridgehead atoms.